The highest BCUT2D eigenvalue weighted by Crippen LogP contribution is 2.13. The van der Waals surface area contributed by atoms with E-state index < -0.39 is 0 Å². The van der Waals surface area contributed by atoms with Gasteiger partial charge in [0.15, 0.2) is 6.10 Å². The molecule has 2 nitrogen and oxygen atoms in total. The van der Waals surface area contributed by atoms with Gasteiger partial charge in [0, 0.05) is 5.57 Å². The topological polar surface area (TPSA) is 26.3 Å². The van der Waals surface area contributed by atoms with E-state index in [1.165, 1.54) is 0 Å². The van der Waals surface area contributed by atoms with Crippen molar-refractivity contribution in [1.82, 2.24) is 0 Å². The van der Waals surface area contributed by atoms with Crippen LogP contribution in [0.15, 0.2) is 12.2 Å². The van der Waals surface area contributed by atoms with Gasteiger partial charge < -0.3 is 4.74 Å². The van der Waals surface area contributed by atoms with Gasteiger partial charge in [-0.3, -0.25) is 0 Å². The fourth-order valence-corrected chi connectivity index (χ4v) is 0.613. The summed E-state index contributed by atoms with van der Waals surface area (Å²) in [5.41, 5.74) is 0.449. The summed E-state index contributed by atoms with van der Waals surface area (Å²) < 4.78 is 4.99. The number of rotatable bonds is 4. The van der Waals surface area contributed by atoms with Crippen molar-refractivity contribution in [1.29, 1.82) is 0 Å². The van der Waals surface area contributed by atoms with Crippen molar-refractivity contribution in [3.63, 3.8) is 0 Å². The molecule has 63 valence electrons. The fraction of sp³-hybridized carbons (Fsp3) is 0.556. The average Bonchev–Trinajstić information content (AvgIpc) is 1.99. The molecule has 0 bridgehead atoms. The second-order valence-corrected chi connectivity index (χ2v) is 2.42. The van der Waals surface area contributed by atoms with Crippen LogP contribution in [0.2, 0.25) is 0 Å². The summed E-state index contributed by atoms with van der Waals surface area (Å²) in [6.45, 7) is 9.06. The van der Waals surface area contributed by atoms with Crippen LogP contribution in [0.4, 0.5) is 0 Å². The predicted octanol–water partition coefficient (Wildman–Crippen LogP) is 2.46. The number of ether oxygens (including phenoxy) is 1. The molecule has 0 amide bonds. The van der Waals surface area contributed by atoms with Crippen molar-refractivity contribution in [3.8, 4) is 0 Å². The summed E-state index contributed by atoms with van der Waals surface area (Å²) in [7, 11) is 0. The third-order valence-corrected chi connectivity index (χ3v) is 1.37. The molecule has 0 spiro atoms. The molecule has 0 saturated carbocycles. The average molecular weight is 155 g/mol. The Labute approximate surface area is 68.2 Å². The van der Waals surface area contributed by atoms with Gasteiger partial charge in [-0.2, -0.15) is 0 Å². The van der Waals surface area contributed by atoms with Crippen molar-refractivity contribution in [3.05, 3.63) is 18.3 Å². The molecular formula is C9H15O2. The largest absolute Gasteiger partial charge is 0.451 e. The zero-order chi connectivity index (χ0) is 8.85. The van der Waals surface area contributed by atoms with E-state index in [1.54, 1.807) is 6.92 Å². The van der Waals surface area contributed by atoms with Crippen LogP contribution in [0.1, 0.15) is 33.6 Å². The fourth-order valence-electron chi connectivity index (χ4n) is 0.613. The summed E-state index contributed by atoms with van der Waals surface area (Å²) in [6, 6.07) is 0. The number of hydrogen-bond acceptors (Lipinski definition) is 2. The smallest absolute Gasteiger partial charge is 0.333 e. The maximum absolute atomic E-state index is 10.9. The Morgan fingerprint density at radius 1 is 1.36 bits per heavy atom. The molecule has 0 heterocycles. The van der Waals surface area contributed by atoms with Crippen LogP contribution < -0.4 is 0 Å². The third kappa shape index (κ3) is 3.81. The molecule has 0 unspecified atom stereocenters. The van der Waals surface area contributed by atoms with E-state index in [-0.39, 0.29) is 5.97 Å². The zero-order valence-corrected chi connectivity index (χ0v) is 7.44. The van der Waals surface area contributed by atoms with Gasteiger partial charge in [-0.25, -0.2) is 4.79 Å². The normalized spacial score (nSPS) is 9.82. The molecule has 0 atom stereocenters. The molecule has 0 fully saturated rings. The second kappa shape index (κ2) is 4.94. The molecule has 0 rings (SSSR count). The molecule has 0 aromatic heterocycles. The Bertz CT molecular complexity index is 146. The highest BCUT2D eigenvalue weighted by molar-refractivity contribution is 5.87. The first-order chi connectivity index (χ1) is 5.11. The minimum absolute atomic E-state index is 0.316. The summed E-state index contributed by atoms with van der Waals surface area (Å²) in [4.78, 5) is 10.9. The van der Waals surface area contributed by atoms with Gasteiger partial charge in [-0.15, -0.1) is 0 Å². The number of carbonyl (C=O) groups is 1. The highest BCUT2D eigenvalue weighted by Gasteiger charge is 2.11. The van der Waals surface area contributed by atoms with Crippen LogP contribution in [0, 0.1) is 6.10 Å². The lowest BCUT2D eigenvalue weighted by atomic mass is 10.2. The number of hydrogen-bond donors (Lipinski definition) is 0. The first kappa shape index (κ1) is 10.2. The summed E-state index contributed by atoms with van der Waals surface area (Å²) >= 11 is 0. The zero-order valence-electron chi connectivity index (χ0n) is 7.44. The van der Waals surface area contributed by atoms with Crippen LogP contribution in [-0.4, -0.2) is 5.97 Å². The Balaban J connectivity index is 3.81. The molecule has 0 N–H and O–H groups in total. The van der Waals surface area contributed by atoms with Crippen molar-refractivity contribution < 1.29 is 9.53 Å². The minimum atomic E-state index is -0.316. The molecule has 0 aliphatic carbocycles. The minimum Gasteiger partial charge on any atom is -0.451 e. The molecule has 11 heavy (non-hydrogen) atoms. The van der Waals surface area contributed by atoms with Crippen LogP contribution in [-0.2, 0) is 9.53 Å². The maximum atomic E-state index is 10.9. The molecule has 0 aliphatic rings. The van der Waals surface area contributed by atoms with Gasteiger partial charge >= 0.3 is 5.97 Å². The van der Waals surface area contributed by atoms with Gasteiger partial charge in [0.2, 0.25) is 0 Å². The molecule has 1 radical (unpaired) electrons. The van der Waals surface area contributed by atoms with Crippen LogP contribution >= 0.6 is 0 Å². The number of esters is 1. The van der Waals surface area contributed by atoms with Gasteiger partial charge in [0.1, 0.15) is 0 Å². The number of carbonyl (C=O) groups excluding carboxylic acids is 1. The van der Waals surface area contributed by atoms with Crippen LogP contribution in [0.25, 0.3) is 0 Å². The molecule has 0 aromatic rings. The SMILES string of the molecule is C=C(C)C(=O)O[C](CC)CC. The molecule has 2 heteroatoms. The van der Waals surface area contributed by atoms with Gasteiger partial charge in [-0.1, -0.05) is 20.4 Å². The van der Waals surface area contributed by atoms with E-state index >= 15 is 0 Å². The lowest BCUT2D eigenvalue weighted by molar-refractivity contribution is -0.138. The van der Waals surface area contributed by atoms with E-state index in [1.807, 2.05) is 13.8 Å². The summed E-state index contributed by atoms with van der Waals surface area (Å²) in [5.74, 6) is -0.316. The lowest BCUT2D eigenvalue weighted by Crippen LogP contribution is -2.09. The van der Waals surface area contributed by atoms with Crippen molar-refractivity contribution >= 4 is 5.97 Å². The molecule has 0 aliphatic heterocycles. The predicted molar refractivity (Wildman–Crippen MR) is 44.7 cm³/mol. The van der Waals surface area contributed by atoms with E-state index in [4.69, 9.17) is 4.74 Å². The Hall–Kier alpha value is -0.790. The van der Waals surface area contributed by atoms with E-state index in [2.05, 4.69) is 6.58 Å². The Morgan fingerprint density at radius 2 is 1.82 bits per heavy atom. The Morgan fingerprint density at radius 3 is 2.09 bits per heavy atom. The Kier molecular flexibility index (Phi) is 4.59. The standard InChI is InChI=1S/C9H15O2/c1-5-8(6-2)11-9(10)7(3)4/h3,5-6H2,1-2,4H3. The second-order valence-electron chi connectivity index (χ2n) is 2.42. The third-order valence-electron chi connectivity index (χ3n) is 1.37. The van der Waals surface area contributed by atoms with Crippen molar-refractivity contribution in [2.24, 2.45) is 0 Å². The highest BCUT2D eigenvalue weighted by atomic mass is 16.5. The molecule has 0 saturated heterocycles. The van der Waals surface area contributed by atoms with Gasteiger partial charge in [0.25, 0.3) is 0 Å². The van der Waals surface area contributed by atoms with Crippen molar-refractivity contribution in [2.45, 2.75) is 33.6 Å². The summed E-state index contributed by atoms with van der Waals surface area (Å²) in [5, 5.41) is 0. The molecule has 0 aromatic carbocycles. The first-order valence-electron chi connectivity index (χ1n) is 3.84. The lowest BCUT2D eigenvalue weighted by Gasteiger charge is -2.11. The van der Waals surface area contributed by atoms with Gasteiger partial charge in [-0.05, 0) is 19.8 Å². The van der Waals surface area contributed by atoms with Crippen LogP contribution in [0.5, 0.6) is 0 Å². The monoisotopic (exact) mass is 155 g/mol. The quantitative estimate of drug-likeness (QED) is 0.460. The van der Waals surface area contributed by atoms with E-state index in [9.17, 15) is 4.79 Å². The van der Waals surface area contributed by atoms with E-state index in [0.717, 1.165) is 18.9 Å². The maximum Gasteiger partial charge on any atom is 0.333 e. The first-order valence-corrected chi connectivity index (χ1v) is 3.84. The van der Waals surface area contributed by atoms with Crippen LogP contribution in [0.3, 0.4) is 0 Å². The summed E-state index contributed by atoms with van der Waals surface area (Å²) in [6.07, 6.45) is 2.39. The van der Waals surface area contributed by atoms with E-state index in [0.29, 0.717) is 5.57 Å². The molecular weight excluding hydrogens is 140 g/mol. The van der Waals surface area contributed by atoms with Crippen molar-refractivity contribution in [2.75, 3.05) is 0 Å². The van der Waals surface area contributed by atoms with Gasteiger partial charge in [0.05, 0.1) is 0 Å².